The minimum Gasteiger partial charge on any atom is -0.0917 e. The van der Waals surface area contributed by atoms with Gasteiger partial charge >= 0.3 is 0 Å². The second kappa shape index (κ2) is 1.77. The van der Waals surface area contributed by atoms with Crippen molar-refractivity contribution in [3.63, 3.8) is 0 Å². The summed E-state index contributed by atoms with van der Waals surface area (Å²) in [6.07, 6.45) is 3.02. The quantitative estimate of drug-likeness (QED) is 0.466. The molecular formula is C8H14B. The lowest BCUT2D eigenvalue weighted by Crippen LogP contribution is -1.99. The molecule has 0 aromatic rings. The second-order valence-electron chi connectivity index (χ2n) is 3.77. The van der Waals surface area contributed by atoms with Crippen LogP contribution in [-0.4, -0.2) is 7.28 Å². The van der Waals surface area contributed by atoms with Crippen LogP contribution in [0.3, 0.4) is 0 Å². The first kappa shape index (κ1) is 5.82. The molecule has 0 heterocycles. The fourth-order valence-corrected chi connectivity index (χ4v) is 2.54. The third-order valence-electron chi connectivity index (χ3n) is 3.24. The summed E-state index contributed by atoms with van der Waals surface area (Å²) in [5.41, 5.74) is 0. The van der Waals surface area contributed by atoms with Gasteiger partial charge in [0.15, 0.2) is 0 Å². The Morgan fingerprint density at radius 3 is 2.22 bits per heavy atom. The molecule has 0 amide bonds. The molecule has 2 rings (SSSR count). The van der Waals surface area contributed by atoms with E-state index in [2.05, 4.69) is 21.0 Å². The molecule has 0 aliphatic heterocycles. The van der Waals surface area contributed by atoms with E-state index in [1.165, 1.54) is 12.8 Å². The number of fused-ring (bicyclic) bond motifs is 1. The Labute approximate surface area is 58.3 Å². The first-order valence-electron chi connectivity index (χ1n) is 4.12. The predicted molar refractivity (Wildman–Crippen MR) is 40.7 cm³/mol. The van der Waals surface area contributed by atoms with Gasteiger partial charge in [-0.05, 0) is 24.2 Å². The van der Waals surface area contributed by atoms with Crippen molar-refractivity contribution < 1.29 is 0 Å². The zero-order chi connectivity index (χ0) is 6.43. The highest BCUT2D eigenvalue weighted by Crippen LogP contribution is 2.60. The average molecular weight is 121 g/mol. The van der Waals surface area contributed by atoms with Crippen molar-refractivity contribution in [1.82, 2.24) is 0 Å². The maximum absolute atomic E-state index is 2.41. The molecule has 4 atom stereocenters. The van der Waals surface area contributed by atoms with Gasteiger partial charge in [0.1, 0.15) is 7.28 Å². The van der Waals surface area contributed by atoms with Crippen molar-refractivity contribution in [1.29, 1.82) is 0 Å². The van der Waals surface area contributed by atoms with Crippen LogP contribution in [-0.2, 0) is 0 Å². The van der Waals surface area contributed by atoms with Crippen LogP contribution in [0.2, 0.25) is 12.6 Å². The number of hydrogen-bond acceptors (Lipinski definition) is 0. The van der Waals surface area contributed by atoms with E-state index in [1.54, 1.807) is 0 Å². The van der Waals surface area contributed by atoms with E-state index < -0.39 is 0 Å². The summed E-state index contributed by atoms with van der Waals surface area (Å²) in [7, 11) is 2.41. The molecule has 1 heteroatoms. The molecule has 0 spiro atoms. The minimum atomic E-state index is 0.991. The molecule has 0 saturated heterocycles. The molecule has 2 aliphatic carbocycles. The summed E-state index contributed by atoms with van der Waals surface area (Å²) in [5, 5.41) is 0. The van der Waals surface area contributed by atoms with Gasteiger partial charge in [0.2, 0.25) is 0 Å². The molecule has 0 aromatic heterocycles. The van der Waals surface area contributed by atoms with Crippen LogP contribution in [0.1, 0.15) is 19.8 Å². The van der Waals surface area contributed by atoms with Crippen LogP contribution in [0, 0.1) is 17.8 Å². The van der Waals surface area contributed by atoms with Gasteiger partial charge in [-0.2, -0.15) is 0 Å². The van der Waals surface area contributed by atoms with Crippen molar-refractivity contribution in [2.24, 2.45) is 17.8 Å². The first-order valence-corrected chi connectivity index (χ1v) is 4.12. The predicted octanol–water partition coefficient (Wildman–Crippen LogP) is 2.20. The van der Waals surface area contributed by atoms with Crippen LogP contribution in [0.15, 0.2) is 0 Å². The maximum atomic E-state index is 2.41. The summed E-state index contributed by atoms with van der Waals surface area (Å²) in [5.74, 6) is 4.28. The van der Waals surface area contributed by atoms with E-state index in [1.807, 2.05) is 0 Å². The molecule has 0 nitrogen and oxygen atoms in total. The summed E-state index contributed by atoms with van der Waals surface area (Å²) >= 11 is 0. The van der Waals surface area contributed by atoms with Crippen LogP contribution >= 0.6 is 0 Å². The van der Waals surface area contributed by atoms with Crippen LogP contribution < -0.4 is 0 Å². The summed E-state index contributed by atoms with van der Waals surface area (Å²) in [4.78, 5) is 0. The molecule has 4 unspecified atom stereocenters. The molecule has 2 saturated carbocycles. The van der Waals surface area contributed by atoms with Crippen molar-refractivity contribution in [2.75, 3.05) is 0 Å². The number of rotatable bonds is 1. The standard InChI is InChI=1S/C8H14B/c1-5-3-8(9-2)7-4-6(5)7/h5-8H,3-4H2,1-2H3. The van der Waals surface area contributed by atoms with E-state index in [4.69, 9.17) is 0 Å². The molecule has 2 aliphatic rings. The molecule has 0 bridgehead atoms. The topological polar surface area (TPSA) is 0 Å². The lowest BCUT2D eigenvalue weighted by Gasteiger charge is -2.08. The van der Waals surface area contributed by atoms with E-state index in [0.717, 1.165) is 23.6 Å². The largest absolute Gasteiger partial charge is 0.110 e. The van der Waals surface area contributed by atoms with Crippen molar-refractivity contribution in [2.45, 2.75) is 32.4 Å². The van der Waals surface area contributed by atoms with Gasteiger partial charge < -0.3 is 0 Å². The Balaban J connectivity index is 2.00. The summed E-state index contributed by atoms with van der Waals surface area (Å²) in [6, 6.07) is 0. The van der Waals surface area contributed by atoms with E-state index in [-0.39, 0.29) is 0 Å². The smallest absolute Gasteiger partial charge is 0.0917 e. The Morgan fingerprint density at radius 1 is 1.22 bits per heavy atom. The van der Waals surface area contributed by atoms with Gasteiger partial charge in [-0.25, -0.2) is 0 Å². The Morgan fingerprint density at radius 2 is 2.00 bits per heavy atom. The normalized spacial score (nSPS) is 54.9. The van der Waals surface area contributed by atoms with E-state index in [9.17, 15) is 0 Å². The monoisotopic (exact) mass is 121 g/mol. The van der Waals surface area contributed by atoms with Crippen molar-refractivity contribution >= 4 is 7.28 Å². The molecular weight excluding hydrogens is 107 g/mol. The highest BCUT2D eigenvalue weighted by molar-refractivity contribution is 6.36. The van der Waals surface area contributed by atoms with E-state index in [0.29, 0.717) is 0 Å². The van der Waals surface area contributed by atoms with Gasteiger partial charge in [-0.1, -0.05) is 26.0 Å². The number of hydrogen-bond donors (Lipinski definition) is 0. The SMILES string of the molecule is C[B]C1CC(C)C2CC12. The maximum Gasteiger partial charge on any atom is 0.110 e. The highest BCUT2D eigenvalue weighted by Gasteiger charge is 2.50. The lowest BCUT2D eigenvalue weighted by atomic mass is 9.64. The molecule has 49 valence electrons. The zero-order valence-corrected chi connectivity index (χ0v) is 6.30. The molecule has 2 fully saturated rings. The Hall–Kier alpha value is 0.0649. The van der Waals surface area contributed by atoms with Crippen molar-refractivity contribution in [3.8, 4) is 0 Å². The van der Waals surface area contributed by atoms with Gasteiger partial charge in [0.25, 0.3) is 0 Å². The molecule has 0 aromatic carbocycles. The fourth-order valence-electron chi connectivity index (χ4n) is 2.54. The minimum absolute atomic E-state index is 0.991. The second-order valence-corrected chi connectivity index (χ2v) is 3.77. The summed E-state index contributed by atoms with van der Waals surface area (Å²) in [6.45, 7) is 4.63. The highest BCUT2D eigenvalue weighted by atomic mass is 14.5. The fraction of sp³-hybridized carbons (Fsp3) is 1.00. The van der Waals surface area contributed by atoms with Crippen LogP contribution in [0.4, 0.5) is 0 Å². The van der Waals surface area contributed by atoms with E-state index >= 15 is 0 Å². The Kier molecular flexibility index (Phi) is 1.15. The summed E-state index contributed by atoms with van der Waals surface area (Å²) < 4.78 is 0. The molecule has 1 radical (unpaired) electrons. The van der Waals surface area contributed by atoms with Gasteiger partial charge in [0.05, 0.1) is 0 Å². The average Bonchev–Trinajstić information content (AvgIpc) is 2.56. The van der Waals surface area contributed by atoms with Crippen molar-refractivity contribution in [3.05, 3.63) is 0 Å². The molecule has 9 heavy (non-hydrogen) atoms. The third-order valence-corrected chi connectivity index (χ3v) is 3.24. The zero-order valence-electron chi connectivity index (χ0n) is 6.30. The third kappa shape index (κ3) is 0.737. The lowest BCUT2D eigenvalue weighted by molar-refractivity contribution is 0.529. The first-order chi connectivity index (χ1) is 4.33. The van der Waals surface area contributed by atoms with Crippen LogP contribution in [0.5, 0.6) is 0 Å². The van der Waals surface area contributed by atoms with Gasteiger partial charge in [0, 0.05) is 0 Å². The van der Waals surface area contributed by atoms with Crippen LogP contribution in [0.25, 0.3) is 0 Å². The van der Waals surface area contributed by atoms with Gasteiger partial charge in [-0.15, -0.1) is 0 Å². The van der Waals surface area contributed by atoms with Gasteiger partial charge in [-0.3, -0.25) is 0 Å². The Bertz CT molecular complexity index is 122. The molecule has 0 N–H and O–H groups in total.